The normalized spacial score (nSPS) is 23.2. The van der Waals surface area contributed by atoms with Crippen molar-refractivity contribution in [2.45, 2.75) is 67.9 Å². The monoisotopic (exact) mass is 704 g/mol. The molecule has 13 heteroatoms. The minimum absolute atomic E-state index is 0.121. The highest BCUT2D eigenvalue weighted by molar-refractivity contribution is 7.91. The molecule has 11 nitrogen and oxygen atoms in total. The Balaban J connectivity index is 1.17. The lowest BCUT2D eigenvalue weighted by Crippen LogP contribution is -2.56. The maximum atomic E-state index is 13.9. The molecule has 0 spiro atoms. The Hall–Kier alpha value is -4.49. The van der Waals surface area contributed by atoms with Crippen LogP contribution in [0.1, 0.15) is 49.7 Å². The number of aryl methyl sites for hydroxylation is 1. The van der Waals surface area contributed by atoms with E-state index < -0.39 is 50.7 Å². The standard InChI is InChI=1S/C36H40N4O7S2/c1-3-26-21-36(26,35(43)39-49(44,45)29-15-16-29)38-34(42)31-20-28(23-40(31)33(41)13-7-11-24-9-5-4-6-10-24)47-37-22-25-19-27(46-2)14-17-30(25)32-12-8-18-48-32/h3-6,8-10,12,14,17-19,22,26,28-29,31H,1,7,11,13,15-16,20-21,23H2,2H3,(H,38,42)(H,39,43)/b37-22+/t26-,28?,31?,36+/m1/s1. The number of amides is 3. The van der Waals surface area contributed by atoms with Crippen LogP contribution in [0.15, 0.2) is 83.9 Å². The zero-order valence-corrected chi connectivity index (χ0v) is 28.9. The third kappa shape index (κ3) is 7.88. The average Bonchev–Trinajstić information content (AvgIpc) is 3.97. The number of rotatable bonds is 15. The number of hydrogen-bond acceptors (Lipinski definition) is 9. The number of methoxy groups -OCH3 is 1. The van der Waals surface area contributed by atoms with Gasteiger partial charge < -0.3 is 19.8 Å². The van der Waals surface area contributed by atoms with E-state index in [1.165, 1.54) is 11.0 Å². The molecule has 3 aliphatic rings. The van der Waals surface area contributed by atoms with Crippen LogP contribution in [-0.4, -0.2) is 73.8 Å². The molecule has 49 heavy (non-hydrogen) atoms. The summed E-state index contributed by atoms with van der Waals surface area (Å²) in [5.74, 6) is -1.34. The van der Waals surface area contributed by atoms with Crippen molar-refractivity contribution in [3.8, 4) is 16.2 Å². The summed E-state index contributed by atoms with van der Waals surface area (Å²) in [4.78, 5) is 49.3. The first-order valence-electron chi connectivity index (χ1n) is 16.4. The summed E-state index contributed by atoms with van der Waals surface area (Å²) >= 11 is 1.59. The van der Waals surface area contributed by atoms with Crippen molar-refractivity contribution in [1.29, 1.82) is 0 Å². The number of oxime groups is 1. The molecular formula is C36H40N4O7S2. The van der Waals surface area contributed by atoms with E-state index in [2.05, 4.69) is 21.8 Å². The average molecular weight is 705 g/mol. The number of nitrogens with zero attached hydrogens (tertiary/aromatic N) is 2. The summed E-state index contributed by atoms with van der Waals surface area (Å²) in [5, 5.41) is 8.48. The Morgan fingerprint density at radius 1 is 1.12 bits per heavy atom. The zero-order valence-electron chi connectivity index (χ0n) is 27.2. The molecule has 0 bridgehead atoms. The number of sulfonamides is 1. The number of thiophene rings is 1. The molecular weight excluding hydrogens is 665 g/mol. The van der Waals surface area contributed by atoms with Crippen molar-refractivity contribution in [1.82, 2.24) is 14.9 Å². The van der Waals surface area contributed by atoms with Gasteiger partial charge in [0.2, 0.25) is 21.8 Å². The van der Waals surface area contributed by atoms with Crippen molar-refractivity contribution >= 4 is 45.3 Å². The summed E-state index contributed by atoms with van der Waals surface area (Å²) < 4.78 is 32.7. The maximum Gasteiger partial charge on any atom is 0.259 e. The molecule has 2 saturated carbocycles. The molecule has 1 aromatic heterocycles. The second kappa shape index (κ2) is 14.6. The van der Waals surface area contributed by atoms with Crippen LogP contribution < -0.4 is 14.8 Å². The molecule has 2 heterocycles. The molecule has 0 radical (unpaired) electrons. The number of likely N-dealkylation sites (tertiary alicyclic amines) is 1. The summed E-state index contributed by atoms with van der Waals surface area (Å²) in [5.41, 5.74) is 1.39. The van der Waals surface area contributed by atoms with E-state index in [4.69, 9.17) is 9.57 Å². The molecule has 1 aliphatic heterocycles. The first kappa shape index (κ1) is 34.4. The fraction of sp³-hybridized carbons (Fsp3) is 0.389. The van der Waals surface area contributed by atoms with Gasteiger partial charge in [-0.15, -0.1) is 17.9 Å². The van der Waals surface area contributed by atoms with Gasteiger partial charge in [0, 0.05) is 34.8 Å². The quantitative estimate of drug-likeness (QED) is 0.135. The maximum absolute atomic E-state index is 13.9. The van der Waals surface area contributed by atoms with Crippen molar-refractivity contribution in [2.75, 3.05) is 13.7 Å². The molecule has 2 N–H and O–H groups in total. The Labute approximate surface area is 290 Å². The molecule has 2 aromatic carbocycles. The molecule has 258 valence electrons. The number of nitrogens with one attached hydrogen (secondary N) is 2. The van der Waals surface area contributed by atoms with Crippen molar-refractivity contribution in [3.63, 3.8) is 0 Å². The number of hydrogen-bond donors (Lipinski definition) is 2. The van der Waals surface area contributed by atoms with E-state index in [1.807, 2.05) is 66.0 Å². The number of ether oxygens (including phenoxy) is 1. The molecule has 6 rings (SSSR count). The Bertz CT molecular complexity index is 1830. The van der Waals surface area contributed by atoms with Crippen molar-refractivity contribution < 1.29 is 32.4 Å². The van der Waals surface area contributed by atoms with E-state index in [1.54, 1.807) is 24.7 Å². The van der Waals surface area contributed by atoms with Gasteiger partial charge in [-0.3, -0.25) is 19.1 Å². The second-order valence-corrected chi connectivity index (χ2v) is 15.6. The number of carbonyl (C=O) groups excluding carboxylic acids is 3. The molecule has 3 fully saturated rings. The van der Waals surface area contributed by atoms with Gasteiger partial charge in [-0.2, -0.15) is 0 Å². The molecule has 3 amide bonds. The van der Waals surface area contributed by atoms with Gasteiger partial charge in [0.15, 0.2) is 0 Å². The van der Waals surface area contributed by atoms with Crippen LogP contribution in [0.5, 0.6) is 5.75 Å². The number of benzene rings is 2. The van der Waals surface area contributed by atoms with Crippen LogP contribution in [0.3, 0.4) is 0 Å². The summed E-state index contributed by atoms with van der Waals surface area (Å²) in [6.07, 6.45) is 5.37. The molecule has 4 atom stereocenters. The van der Waals surface area contributed by atoms with Crippen LogP contribution in [0, 0.1) is 5.92 Å². The first-order valence-corrected chi connectivity index (χ1v) is 18.8. The van der Waals surface area contributed by atoms with E-state index >= 15 is 0 Å². The minimum atomic E-state index is -3.83. The largest absolute Gasteiger partial charge is 0.497 e. The van der Waals surface area contributed by atoms with E-state index in [0.29, 0.717) is 31.4 Å². The van der Waals surface area contributed by atoms with E-state index in [9.17, 15) is 22.8 Å². The minimum Gasteiger partial charge on any atom is -0.497 e. The molecule has 2 aliphatic carbocycles. The molecule has 1 saturated heterocycles. The van der Waals surface area contributed by atoms with Crippen LogP contribution in [0.25, 0.3) is 10.4 Å². The van der Waals surface area contributed by atoms with Gasteiger partial charge in [0.05, 0.1) is 25.1 Å². The molecule has 3 aromatic rings. The van der Waals surface area contributed by atoms with Gasteiger partial charge in [0.1, 0.15) is 23.4 Å². The SMILES string of the molecule is C=C[C@@H]1C[C@@]1(NC(=O)C1CC(O/N=C/c2cc(OC)ccc2-c2cccs2)CN1C(=O)CCCc1ccccc1)C(=O)NS(=O)(=O)C1CC1. The summed E-state index contributed by atoms with van der Waals surface area (Å²) in [7, 11) is -2.24. The topological polar surface area (TPSA) is 143 Å². The zero-order chi connectivity index (χ0) is 34.6. The van der Waals surface area contributed by atoms with Crippen molar-refractivity contribution in [2.24, 2.45) is 11.1 Å². The lowest BCUT2D eigenvalue weighted by Gasteiger charge is -2.26. The predicted molar refractivity (Wildman–Crippen MR) is 188 cm³/mol. The summed E-state index contributed by atoms with van der Waals surface area (Å²) in [6, 6.07) is 18.6. The second-order valence-electron chi connectivity index (χ2n) is 12.7. The lowest BCUT2D eigenvalue weighted by atomic mass is 10.1. The predicted octanol–water partition coefficient (Wildman–Crippen LogP) is 4.44. The van der Waals surface area contributed by atoms with Gasteiger partial charge >= 0.3 is 0 Å². The van der Waals surface area contributed by atoms with Gasteiger partial charge in [-0.25, -0.2) is 8.42 Å². The van der Waals surface area contributed by atoms with E-state index in [0.717, 1.165) is 21.6 Å². The lowest BCUT2D eigenvalue weighted by molar-refractivity contribution is -0.139. The van der Waals surface area contributed by atoms with E-state index in [-0.39, 0.29) is 31.7 Å². The Morgan fingerprint density at radius 2 is 1.92 bits per heavy atom. The third-order valence-corrected chi connectivity index (χ3v) is 12.0. The fourth-order valence-electron chi connectivity index (χ4n) is 6.25. The fourth-order valence-corrected chi connectivity index (χ4v) is 8.39. The Morgan fingerprint density at radius 3 is 2.59 bits per heavy atom. The third-order valence-electron chi connectivity index (χ3n) is 9.28. The van der Waals surface area contributed by atoms with Crippen LogP contribution in [0.4, 0.5) is 0 Å². The smallest absolute Gasteiger partial charge is 0.259 e. The van der Waals surface area contributed by atoms with Crippen LogP contribution >= 0.6 is 11.3 Å². The van der Waals surface area contributed by atoms with Crippen molar-refractivity contribution in [3.05, 3.63) is 89.8 Å². The van der Waals surface area contributed by atoms with Gasteiger partial charge in [-0.1, -0.05) is 47.6 Å². The summed E-state index contributed by atoms with van der Waals surface area (Å²) in [6.45, 7) is 3.89. The molecule has 2 unspecified atom stereocenters. The highest BCUT2D eigenvalue weighted by Gasteiger charge is 2.61. The highest BCUT2D eigenvalue weighted by atomic mass is 32.2. The van der Waals surface area contributed by atoms with Gasteiger partial charge in [-0.05, 0) is 67.3 Å². The first-order chi connectivity index (χ1) is 23.6. The number of carbonyl (C=O) groups is 3. The van der Waals surface area contributed by atoms with Crippen LogP contribution in [-0.2, 0) is 35.7 Å². The Kier molecular flexibility index (Phi) is 10.2. The van der Waals surface area contributed by atoms with Gasteiger partial charge in [0.25, 0.3) is 5.91 Å². The van der Waals surface area contributed by atoms with Crippen LogP contribution in [0.2, 0.25) is 0 Å². The highest BCUT2D eigenvalue weighted by Crippen LogP contribution is 2.45.